The van der Waals surface area contributed by atoms with Crippen molar-refractivity contribution < 1.29 is 18.5 Å². The number of carbonyl (C=O) groups is 1. The molecule has 0 spiro atoms. The maximum Gasteiger partial charge on any atom is 0.269 e. The van der Waals surface area contributed by atoms with Crippen LogP contribution in [0.25, 0.3) is 11.3 Å². The third kappa shape index (κ3) is 4.85. The number of carbonyl (C=O) groups excluding carboxylic acids is 1. The number of hydrazone groups is 1. The molecule has 1 N–H and O–H groups in total. The smallest absolute Gasteiger partial charge is 0.269 e. The fourth-order valence-electron chi connectivity index (χ4n) is 2.32. The zero-order chi connectivity index (χ0) is 19.2. The van der Waals surface area contributed by atoms with Crippen LogP contribution in [0.4, 0.5) is 10.1 Å². The van der Waals surface area contributed by atoms with Gasteiger partial charge in [-0.3, -0.25) is 14.9 Å². The third-order valence-electron chi connectivity index (χ3n) is 3.65. The molecule has 7 nitrogen and oxygen atoms in total. The van der Waals surface area contributed by atoms with Gasteiger partial charge in [0.15, 0.2) is 0 Å². The van der Waals surface area contributed by atoms with Gasteiger partial charge in [-0.25, -0.2) is 9.82 Å². The molecule has 0 fully saturated rings. The lowest BCUT2D eigenvalue weighted by molar-refractivity contribution is -0.384. The molecule has 0 bridgehead atoms. The number of hydrogen-bond acceptors (Lipinski definition) is 5. The number of nitrogens with zero attached hydrogens (tertiary/aromatic N) is 2. The molecule has 0 atom stereocenters. The molecule has 1 amide bonds. The summed E-state index contributed by atoms with van der Waals surface area (Å²) in [6.07, 6.45) is 1.38. The lowest BCUT2D eigenvalue weighted by atomic mass is 10.1. The van der Waals surface area contributed by atoms with E-state index in [2.05, 4.69) is 10.5 Å². The van der Waals surface area contributed by atoms with E-state index in [-0.39, 0.29) is 23.8 Å². The molecule has 0 unspecified atom stereocenters. The number of benzene rings is 2. The highest BCUT2D eigenvalue weighted by molar-refractivity contribution is 5.82. The maximum absolute atomic E-state index is 12.9. The Labute approximate surface area is 153 Å². The summed E-state index contributed by atoms with van der Waals surface area (Å²) in [5.41, 5.74) is 3.68. The molecule has 0 saturated heterocycles. The normalized spacial score (nSPS) is 10.9. The van der Waals surface area contributed by atoms with Crippen molar-refractivity contribution in [2.24, 2.45) is 5.10 Å². The number of amides is 1. The average molecular weight is 367 g/mol. The van der Waals surface area contributed by atoms with Crippen molar-refractivity contribution in [1.29, 1.82) is 0 Å². The Kier molecular flexibility index (Phi) is 5.36. The predicted molar refractivity (Wildman–Crippen MR) is 96.6 cm³/mol. The summed E-state index contributed by atoms with van der Waals surface area (Å²) in [7, 11) is 0. The highest BCUT2D eigenvalue weighted by Crippen LogP contribution is 2.21. The second kappa shape index (κ2) is 8.05. The van der Waals surface area contributed by atoms with Gasteiger partial charge in [-0.1, -0.05) is 12.1 Å². The summed E-state index contributed by atoms with van der Waals surface area (Å²) in [4.78, 5) is 22.0. The molecule has 3 rings (SSSR count). The Hall–Kier alpha value is -3.81. The second-order valence-corrected chi connectivity index (χ2v) is 5.60. The number of hydrogen-bond donors (Lipinski definition) is 1. The molecule has 1 aromatic heterocycles. The van der Waals surface area contributed by atoms with Crippen LogP contribution in [-0.4, -0.2) is 17.0 Å². The van der Waals surface area contributed by atoms with E-state index in [1.54, 1.807) is 24.3 Å². The topological polar surface area (TPSA) is 97.7 Å². The first kappa shape index (κ1) is 18.0. The summed E-state index contributed by atoms with van der Waals surface area (Å²) in [6, 6.07) is 15.0. The summed E-state index contributed by atoms with van der Waals surface area (Å²) in [5, 5.41) is 14.4. The molecule has 0 aliphatic rings. The van der Waals surface area contributed by atoms with E-state index < -0.39 is 4.92 Å². The van der Waals surface area contributed by atoms with E-state index >= 15 is 0 Å². The fourth-order valence-corrected chi connectivity index (χ4v) is 2.32. The van der Waals surface area contributed by atoms with E-state index in [1.807, 2.05) is 0 Å². The van der Waals surface area contributed by atoms with Crippen LogP contribution in [0.15, 0.2) is 70.2 Å². The van der Waals surface area contributed by atoms with Gasteiger partial charge in [0.1, 0.15) is 17.3 Å². The van der Waals surface area contributed by atoms with E-state index in [1.165, 1.54) is 42.6 Å². The van der Waals surface area contributed by atoms with E-state index in [4.69, 9.17) is 4.42 Å². The monoisotopic (exact) mass is 367 g/mol. The first-order chi connectivity index (χ1) is 13.0. The number of furan rings is 1. The van der Waals surface area contributed by atoms with Gasteiger partial charge in [0.05, 0.1) is 17.6 Å². The molecule has 0 aliphatic heterocycles. The van der Waals surface area contributed by atoms with Crippen molar-refractivity contribution >= 4 is 17.8 Å². The Morgan fingerprint density at radius 3 is 2.48 bits per heavy atom. The molecule has 8 heteroatoms. The van der Waals surface area contributed by atoms with Crippen LogP contribution in [0.2, 0.25) is 0 Å². The minimum Gasteiger partial charge on any atom is -0.455 e. The van der Waals surface area contributed by atoms with Gasteiger partial charge in [-0.15, -0.1) is 0 Å². The minimum absolute atomic E-state index is 0.0352. The van der Waals surface area contributed by atoms with Gasteiger partial charge >= 0.3 is 0 Å². The fraction of sp³-hybridized carbons (Fsp3) is 0.0526. The first-order valence-corrected chi connectivity index (χ1v) is 7.92. The van der Waals surface area contributed by atoms with Crippen LogP contribution < -0.4 is 5.43 Å². The number of non-ortho nitro benzene ring substituents is 1. The van der Waals surface area contributed by atoms with Gasteiger partial charge < -0.3 is 4.42 Å². The van der Waals surface area contributed by atoms with Gasteiger partial charge in [0.25, 0.3) is 5.69 Å². The number of nitro benzene ring substituents is 1. The summed E-state index contributed by atoms with van der Waals surface area (Å²) in [6.45, 7) is 0. The Morgan fingerprint density at radius 2 is 1.81 bits per heavy atom. The standard InChI is InChI=1S/C19H14FN3O4/c20-15-5-3-14(4-6-15)18-10-9-17(27-18)12-21-22-19(24)11-13-1-7-16(8-2-13)23(25)26/h1-10,12H,11H2,(H,22,24)/b21-12-. The molecule has 2 aromatic carbocycles. The minimum atomic E-state index is -0.502. The maximum atomic E-state index is 12.9. The first-order valence-electron chi connectivity index (χ1n) is 7.92. The summed E-state index contributed by atoms with van der Waals surface area (Å²) in [5.74, 6) is 0.270. The van der Waals surface area contributed by atoms with E-state index in [0.29, 0.717) is 17.1 Å². The Morgan fingerprint density at radius 1 is 1.11 bits per heavy atom. The van der Waals surface area contributed by atoms with Gasteiger partial charge in [-0.05, 0) is 42.0 Å². The van der Waals surface area contributed by atoms with Crippen LogP contribution in [0.3, 0.4) is 0 Å². The van der Waals surface area contributed by atoms with E-state index in [9.17, 15) is 19.3 Å². The van der Waals surface area contributed by atoms with Crippen molar-refractivity contribution in [2.45, 2.75) is 6.42 Å². The average Bonchev–Trinajstić information content (AvgIpc) is 3.11. The summed E-state index contributed by atoms with van der Waals surface area (Å²) < 4.78 is 18.5. The molecule has 27 heavy (non-hydrogen) atoms. The molecule has 0 radical (unpaired) electrons. The number of nitro groups is 1. The second-order valence-electron chi connectivity index (χ2n) is 5.60. The Bertz CT molecular complexity index is 979. The van der Waals surface area contributed by atoms with Crippen molar-refractivity contribution in [3.63, 3.8) is 0 Å². The molecule has 136 valence electrons. The highest BCUT2D eigenvalue weighted by atomic mass is 19.1. The van der Waals surface area contributed by atoms with Crippen molar-refractivity contribution in [1.82, 2.24) is 5.43 Å². The molecule has 0 saturated carbocycles. The quantitative estimate of drug-likeness (QED) is 0.408. The van der Waals surface area contributed by atoms with Crippen LogP contribution in [-0.2, 0) is 11.2 Å². The zero-order valence-corrected chi connectivity index (χ0v) is 14.0. The number of halogens is 1. The van der Waals surface area contributed by atoms with Crippen LogP contribution in [0.1, 0.15) is 11.3 Å². The lowest BCUT2D eigenvalue weighted by Crippen LogP contribution is -2.19. The molecular formula is C19H14FN3O4. The SMILES string of the molecule is O=C(Cc1ccc([N+](=O)[O-])cc1)N/N=C\c1ccc(-c2ccc(F)cc2)o1. The Balaban J connectivity index is 1.55. The molecule has 0 aliphatic carbocycles. The van der Waals surface area contributed by atoms with E-state index in [0.717, 1.165) is 5.56 Å². The largest absolute Gasteiger partial charge is 0.455 e. The van der Waals surface area contributed by atoms with Crippen molar-refractivity contribution in [3.05, 3.63) is 87.9 Å². The van der Waals surface area contributed by atoms with Crippen LogP contribution in [0, 0.1) is 15.9 Å². The van der Waals surface area contributed by atoms with Crippen molar-refractivity contribution in [2.75, 3.05) is 0 Å². The van der Waals surface area contributed by atoms with Gasteiger partial charge in [0, 0.05) is 17.7 Å². The molecular weight excluding hydrogens is 353 g/mol. The van der Waals surface area contributed by atoms with Crippen LogP contribution in [0.5, 0.6) is 0 Å². The predicted octanol–water partition coefficient (Wildman–Crippen LogP) is 3.69. The van der Waals surface area contributed by atoms with Gasteiger partial charge in [-0.2, -0.15) is 5.10 Å². The zero-order valence-electron chi connectivity index (χ0n) is 14.0. The molecule has 3 aromatic rings. The summed E-state index contributed by atoms with van der Waals surface area (Å²) >= 11 is 0. The van der Waals surface area contributed by atoms with Crippen molar-refractivity contribution in [3.8, 4) is 11.3 Å². The lowest BCUT2D eigenvalue weighted by Gasteiger charge is -2.00. The number of rotatable bonds is 6. The van der Waals surface area contributed by atoms with Crippen LogP contribution >= 0.6 is 0 Å². The van der Waals surface area contributed by atoms with Gasteiger partial charge in [0.2, 0.25) is 5.91 Å². The molecule has 1 heterocycles. The highest BCUT2D eigenvalue weighted by Gasteiger charge is 2.07. The third-order valence-corrected chi connectivity index (χ3v) is 3.65. The number of nitrogens with one attached hydrogen (secondary N) is 1.